The number of hydrogen-bond donors (Lipinski definition) is 1. The van der Waals surface area contributed by atoms with Gasteiger partial charge >= 0.3 is 0 Å². The van der Waals surface area contributed by atoms with Gasteiger partial charge in [0.25, 0.3) is 0 Å². The summed E-state index contributed by atoms with van der Waals surface area (Å²) in [5.41, 5.74) is 1.31. The van der Waals surface area contributed by atoms with Crippen LogP contribution in [0.15, 0.2) is 24.3 Å². The van der Waals surface area contributed by atoms with Crippen LogP contribution in [0.3, 0.4) is 0 Å². The molecule has 0 saturated heterocycles. The van der Waals surface area contributed by atoms with E-state index in [1.54, 1.807) is 0 Å². The van der Waals surface area contributed by atoms with Crippen molar-refractivity contribution in [2.45, 2.75) is 39.8 Å². The summed E-state index contributed by atoms with van der Waals surface area (Å²) in [5.74, 6) is 0.642. The fourth-order valence-corrected chi connectivity index (χ4v) is 2.26. The highest BCUT2D eigenvalue weighted by atomic mass is 35.5. The summed E-state index contributed by atoms with van der Waals surface area (Å²) >= 11 is 5.91. The second-order valence-electron chi connectivity index (χ2n) is 5.46. The van der Waals surface area contributed by atoms with Gasteiger partial charge in [0.2, 0.25) is 0 Å². The van der Waals surface area contributed by atoms with Crippen LogP contribution in [0.25, 0.3) is 0 Å². The van der Waals surface area contributed by atoms with Gasteiger partial charge in [-0.3, -0.25) is 4.90 Å². The van der Waals surface area contributed by atoms with Gasteiger partial charge in [0.05, 0.1) is 0 Å². The van der Waals surface area contributed by atoms with Gasteiger partial charge in [-0.2, -0.15) is 0 Å². The molecule has 0 fully saturated rings. The van der Waals surface area contributed by atoms with E-state index in [0.29, 0.717) is 12.0 Å². The molecule has 0 saturated carbocycles. The second-order valence-corrected chi connectivity index (χ2v) is 5.90. The molecular formula is C16H27ClN2. The standard InChI is InChI=1S/C16H27ClN2/c1-5-10-18-11-13(2)14(3)19(4)12-15-6-8-16(17)9-7-15/h6-9,13-14,18H,5,10-12H2,1-4H3. The molecule has 1 N–H and O–H groups in total. The molecule has 1 aromatic carbocycles. The van der Waals surface area contributed by atoms with Gasteiger partial charge in [-0.05, 0) is 57.1 Å². The first kappa shape index (κ1) is 16.5. The van der Waals surface area contributed by atoms with Crippen LogP contribution >= 0.6 is 11.6 Å². The van der Waals surface area contributed by atoms with E-state index in [1.165, 1.54) is 12.0 Å². The van der Waals surface area contributed by atoms with Crippen molar-refractivity contribution in [1.29, 1.82) is 0 Å². The van der Waals surface area contributed by atoms with E-state index in [0.717, 1.165) is 24.7 Å². The van der Waals surface area contributed by atoms with Crippen LogP contribution in [0.5, 0.6) is 0 Å². The molecule has 1 aromatic rings. The number of nitrogens with zero attached hydrogens (tertiary/aromatic N) is 1. The molecule has 2 atom stereocenters. The summed E-state index contributed by atoms with van der Waals surface area (Å²) in [6, 6.07) is 8.68. The van der Waals surface area contributed by atoms with Crippen LogP contribution in [0.4, 0.5) is 0 Å². The Morgan fingerprint density at radius 2 is 1.84 bits per heavy atom. The Morgan fingerprint density at radius 3 is 2.42 bits per heavy atom. The van der Waals surface area contributed by atoms with Crippen LogP contribution in [0.2, 0.25) is 5.02 Å². The molecule has 0 heterocycles. The fourth-order valence-electron chi connectivity index (χ4n) is 2.13. The van der Waals surface area contributed by atoms with Gasteiger partial charge < -0.3 is 5.32 Å². The van der Waals surface area contributed by atoms with Gasteiger partial charge in [-0.1, -0.05) is 37.6 Å². The lowest BCUT2D eigenvalue weighted by molar-refractivity contribution is 0.189. The van der Waals surface area contributed by atoms with E-state index in [-0.39, 0.29) is 0 Å². The van der Waals surface area contributed by atoms with Crippen molar-refractivity contribution in [2.24, 2.45) is 5.92 Å². The highest BCUT2D eigenvalue weighted by molar-refractivity contribution is 6.30. The Bertz CT molecular complexity index is 350. The zero-order valence-electron chi connectivity index (χ0n) is 12.6. The number of nitrogens with one attached hydrogen (secondary N) is 1. The molecule has 108 valence electrons. The molecule has 2 unspecified atom stereocenters. The van der Waals surface area contributed by atoms with Gasteiger partial charge in [0.1, 0.15) is 0 Å². The van der Waals surface area contributed by atoms with Crippen LogP contribution < -0.4 is 5.32 Å². The third-order valence-electron chi connectivity index (χ3n) is 3.76. The minimum atomic E-state index is 0.556. The third-order valence-corrected chi connectivity index (χ3v) is 4.01. The largest absolute Gasteiger partial charge is 0.316 e. The molecule has 19 heavy (non-hydrogen) atoms. The van der Waals surface area contributed by atoms with E-state index in [9.17, 15) is 0 Å². The molecule has 0 amide bonds. The number of benzene rings is 1. The lowest BCUT2D eigenvalue weighted by Gasteiger charge is -2.30. The number of hydrogen-bond acceptors (Lipinski definition) is 2. The van der Waals surface area contributed by atoms with E-state index in [1.807, 2.05) is 12.1 Å². The Morgan fingerprint density at radius 1 is 1.21 bits per heavy atom. The molecule has 1 rings (SSSR count). The lowest BCUT2D eigenvalue weighted by Crippen LogP contribution is -2.38. The first-order valence-electron chi connectivity index (χ1n) is 7.20. The normalized spacial score (nSPS) is 14.6. The summed E-state index contributed by atoms with van der Waals surface area (Å²) < 4.78 is 0. The van der Waals surface area contributed by atoms with E-state index >= 15 is 0 Å². The van der Waals surface area contributed by atoms with Crippen molar-refractivity contribution in [3.8, 4) is 0 Å². The molecule has 2 nitrogen and oxygen atoms in total. The average Bonchev–Trinajstić information content (AvgIpc) is 2.40. The number of halogens is 1. The molecule has 0 radical (unpaired) electrons. The smallest absolute Gasteiger partial charge is 0.0406 e. The third kappa shape index (κ3) is 5.94. The van der Waals surface area contributed by atoms with Crippen molar-refractivity contribution in [3.05, 3.63) is 34.9 Å². The van der Waals surface area contributed by atoms with Crippen LogP contribution in [-0.2, 0) is 6.54 Å². The zero-order chi connectivity index (χ0) is 14.3. The van der Waals surface area contributed by atoms with Gasteiger partial charge in [-0.15, -0.1) is 0 Å². The summed E-state index contributed by atoms with van der Waals surface area (Å²) in [4.78, 5) is 2.40. The van der Waals surface area contributed by atoms with E-state index in [4.69, 9.17) is 11.6 Å². The highest BCUT2D eigenvalue weighted by Crippen LogP contribution is 2.15. The topological polar surface area (TPSA) is 15.3 Å². The SMILES string of the molecule is CCCNCC(C)C(C)N(C)Cc1ccc(Cl)cc1. The average molecular weight is 283 g/mol. The zero-order valence-corrected chi connectivity index (χ0v) is 13.4. The van der Waals surface area contributed by atoms with Crippen molar-refractivity contribution >= 4 is 11.6 Å². The van der Waals surface area contributed by atoms with Crippen molar-refractivity contribution in [1.82, 2.24) is 10.2 Å². The summed E-state index contributed by atoms with van der Waals surface area (Å²) in [5, 5.41) is 4.30. The molecule has 0 aliphatic rings. The molecule has 0 aromatic heterocycles. The summed E-state index contributed by atoms with van der Waals surface area (Å²) in [6.07, 6.45) is 1.20. The van der Waals surface area contributed by atoms with Crippen LogP contribution in [0.1, 0.15) is 32.8 Å². The first-order chi connectivity index (χ1) is 9.04. The summed E-state index contributed by atoms with van der Waals surface area (Å²) in [6.45, 7) is 9.97. The van der Waals surface area contributed by atoms with Crippen molar-refractivity contribution in [2.75, 3.05) is 20.1 Å². The Hall–Kier alpha value is -0.570. The number of rotatable bonds is 8. The van der Waals surface area contributed by atoms with Gasteiger partial charge in [0.15, 0.2) is 0 Å². The maximum atomic E-state index is 5.91. The van der Waals surface area contributed by atoms with Crippen molar-refractivity contribution in [3.63, 3.8) is 0 Å². The van der Waals surface area contributed by atoms with Gasteiger partial charge in [-0.25, -0.2) is 0 Å². The molecule has 0 spiro atoms. The molecular weight excluding hydrogens is 256 g/mol. The van der Waals surface area contributed by atoms with Crippen molar-refractivity contribution < 1.29 is 0 Å². The first-order valence-corrected chi connectivity index (χ1v) is 7.57. The maximum Gasteiger partial charge on any atom is 0.0406 e. The predicted molar refractivity (Wildman–Crippen MR) is 84.7 cm³/mol. The lowest BCUT2D eigenvalue weighted by atomic mass is 10.0. The van der Waals surface area contributed by atoms with E-state index in [2.05, 4.69) is 50.2 Å². The minimum Gasteiger partial charge on any atom is -0.316 e. The van der Waals surface area contributed by atoms with Crippen LogP contribution in [0, 0.1) is 5.92 Å². The molecule has 3 heteroatoms. The highest BCUT2D eigenvalue weighted by Gasteiger charge is 2.16. The summed E-state index contributed by atoms with van der Waals surface area (Å²) in [7, 11) is 2.19. The quantitative estimate of drug-likeness (QED) is 0.730. The predicted octanol–water partition coefficient (Wildman–Crippen LogP) is 3.80. The Labute approximate surface area is 123 Å². The Kier molecular flexibility index (Phi) is 7.44. The monoisotopic (exact) mass is 282 g/mol. The van der Waals surface area contributed by atoms with E-state index < -0.39 is 0 Å². The molecule has 0 aliphatic carbocycles. The maximum absolute atomic E-state index is 5.91. The fraction of sp³-hybridized carbons (Fsp3) is 0.625. The van der Waals surface area contributed by atoms with Gasteiger partial charge in [0, 0.05) is 17.6 Å². The molecule has 0 aliphatic heterocycles. The molecule has 0 bridgehead atoms. The minimum absolute atomic E-state index is 0.556. The Balaban J connectivity index is 2.42. The van der Waals surface area contributed by atoms with Crippen LogP contribution in [-0.4, -0.2) is 31.1 Å². The second kappa shape index (κ2) is 8.57.